The Morgan fingerprint density at radius 3 is 1.40 bits per heavy atom. The van der Waals surface area contributed by atoms with Crippen LogP contribution in [0.1, 0.15) is 0 Å². The van der Waals surface area contributed by atoms with Gasteiger partial charge in [-0.1, -0.05) is 35.4 Å². The summed E-state index contributed by atoms with van der Waals surface area (Å²) in [5, 5.41) is 0. The molecule has 0 spiro atoms. The fourth-order valence-electron chi connectivity index (χ4n) is 0. The van der Waals surface area contributed by atoms with Gasteiger partial charge in [0.05, 0.1) is 0 Å². The van der Waals surface area contributed by atoms with Crippen molar-refractivity contribution in [1.29, 1.82) is 0 Å². The normalized spacial score (nSPS) is 5.20. The third-order valence-electron chi connectivity index (χ3n) is 0. The topological polar surface area (TPSA) is 0 Å². The Morgan fingerprint density at radius 1 is 1.40 bits per heavy atom. The molecule has 0 nitrogen and oxygen atoms in total. The number of rotatable bonds is 0. The van der Waals surface area contributed by atoms with E-state index >= 15 is 0 Å². The van der Waals surface area contributed by atoms with Crippen molar-refractivity contribution in [3.8, 4) is 0 Å². The molecule has 3 radical (unpaired) electrons. The molecule has 0 saturated carbocycles. The van der Waals surface area contributed by atoms with E-state index in [9.17, 15) is 0 Å². The van der Waals surface area contributed by atoms with E-state index in [2.05, 4.69) is 12.2 Å². The molecule has 0 fully saturated rings. The SMILES string of the molecule is S=C(Cl)Cl.[Bi]. The van der Waals surface area contributed by atoms with Crippen molar-refractivity contribution in [1.82, 2.24) is 0 Å². The van der Waals surface area contributed by atoms with Crippen LogP contribution >= 0.6 is 35.4 Å². The molecular formula is CBiCl2S. The van der Waals surface area contributed by atoms with Gasteiger partial charge in [-0.05, 0) is 0 Å². The third kappa shape index (κ3) is 29.1. The van der Waals surface area contributed by atoms with Crippen LogP contribution in [0, 0.1) is 0 Å². The van der Waals surface area contributed by atoms with E-state index in [1.54, 1.807) is 0 Å². The summed E-state index contributed by atoms with van der Waals surface area (Å²) >= 11 is 13.6. The molecule has 0 aliphatic rings. The van der Waals surface area contributed by atoms with Gasteiger partial charge in [0.25, 0.3) is 0 Å². The molecule has 0 atom stereocenters. The van der Waals surface area contributed by atoms with Gasteiger partial charge in [-0.3, -0.25) is 0 Å². The largest absolute Gasteiger partial charge is 0.169 e. The smallest absolute Gasteiger partial charge is 0.0579 e. The average Bonchev–Trinajstić information content (AvgIpc) is 0.811. The predicted octanol–water partition coefficient (Wildman–Crippen LogP) is 1.37. The molecule has 5 heavy (non-hydrogen) atoms. The van der Waals surface area contributed by atoms with E-state index in [0.717, 1.165) is 0 Å². The zero-order chi connectivity index (χ0) is 3.58. The second-order valence-corrected chi connectivity index (χ2v) is 2.03. The standard InChI is InChI=1S/CCl2S.Bi/c2-1(3)4;. The van der Waals surface area contributed by atoms with Gasteiger partial charge in [-0.25, -0.2) is 0 Å². The van der Waals surface area contributed by atoms with Crippen LogP contribution in [0.5, 0.6) is 0 Å². The average molecular weight is 324 g/mol. The van der Waals surface area contributed by atoms with Gasteiger partial charge in [0.2, 0.25) is 0 Å². The molecule has 29 valence electrons. The molecule has 0 aliphatic heterocycles. The summed E-state index contributed by atoms with van der Waals surface area (Å²) in [6, 6.07) is 0. The van der Waals surface area contributed by atoms with Crippen LogP contribution in [0.4, 0.5) is 0 Å². The second-order valence-electron chi connectivity index (χ2n) is 0.226. The van der Waals surface area contributed by atoms with Crippen LogP contribution in [-0.2, 0) is 0 Å². The van der Waals surface area contributed by atoms with E-state index in [-0.39, 0.29) is 30.0 Å². The summed E-state index contributed by atoms with van der Waals surface area (Å²) in [7, 11) is 0. The van der Waals surface area contributed by atoms with Crippen LogP contribution in [0.3, 0.4) is 0 Å². The van der Waals surface area contributed by atoms with E-state index in [0.29, 0.717) is 0 Å². The van der Waals surface area contributed by atoms with Gasteiger partial charge in [-0.2, -0.15) is 0 Å². The van der Waals surface area contributed by atoms with Crippen LogP contribution in [-0.4, -0.2) is 30.0 Å². The molecule has 0 heterocycles. The van der Waals surface area contributed by atoms with Crippen molar-refractivity contribution in [2.45, 2.75) is 0 Å². The molecule has 0 aromatic carbocycles. The van der Waals surface area contributed by atoms with Crippen LogP contribution < -0.4 is 0 Å². The molecule has 0 N–H and O–H groups in total. The summed E-state index contributed by atoms with van der Waals surface area (Å²) in [4.78, 5) is 0. The molecule has 4 heteroatoms. The first kappa shape index (κ1) is 9.75. The molecule has 0 rings (SSSR count). The van der Waals surface area contributed by atoms with Crippen molar-refractivity contribution >= 4 is 65.4 Å². The predicted molar refractivity (Wildman–Crippen MR) is 30.1 cm³/mol. The van der Waals surface area contributed by atoms with E-state index in [1.165, 1.54) is 0 Å². The fraction of sp³-hybridized carbons (Fsp3) is 0. The van der Waals surface area contributed by atoms with Gasteiger partial charge < -0.3 is 0 Å². The minimum Gasteiger partial charge on any atom is -0.0579 e. The van der Waals surface area contributed by atoms with Crippen molar-refractivity contribution in [2.24, 2.45) is 0 Å². The first-order valence-electron chi connectivity index (χ1n) is 0.582. The molecule has 0 unspecified atom stereocenters. The van der Waals surface area contributed by atoms with Gasteiger partial charge >= 0.3 is 0 Å². The summed E-state index contributed by atoms with van der Waals surface area (Å²) < 4.78 is -0.0556. The zero-order valence-corrected chi connectivity index (χ0v) is 7.92. The van der Waals surface area contributed by atoms with Gasteiger partial charge in [0, 0.05) is 26.2 Å². The van der Waals surface area contributed by atoms with Crippen molar-refractivity contribution in [2.75, 3.05) is 0 Å². The maximum Gasteiger partial charge on any atom is 0.169 e. The Hall–Kier alpha value is 1.55. The first-order chi connectivity index (χ1) is 1.73. The molecule has 0 aliphatic carbocycles. The van der Waals surface area contributed by atoms with E-state index in [4.69, 9.17) is 23.2 Å². The number of halogens is 2. The Bertz CT molecular complexity index is 32.6. The van der Waals surface area contributed by atoms with Crippen LogP contribution in [0.2, 0.25) is 0 Å². The van der Waals surface area contributed by atoms with E-state index < -0.39 is 0 Å². The molecule has 0 bridgehead atoms. The van der Waals surface area contributed by atoms with Crippen molar-refractivity contribution in [3.05, 3.63) is 0 Å². The first-order valence-corrected chi connectivity index (χ1v) is 1.75. The van der Waals surface area contributed by atoms with Gasteiger partial charge in [0.15, 0.2) is 3.78 Å². The van der Waals surface area contributed by atoms with E-state index in [1.807, 2.05) is 0 Å². The van der Waals surface area contributed by atoms with Crippen molar-refractivity contribution in [3.63, 3.8) is 0 Å². The third-order valence-corrected chi connectivity index (χ3v) is 0. The van der Waals surface area contributed by atoms with Gasteiger partial charge in [0.1, 0.15) is 0 Å². The van der Waals surface area contributed by atoms with Gasteiger partial charge in [-0.15, -0.1) is 0 Å². The minimum atomic E-state index is -0.0556. The Morgan fingerprint density at radius 2 is 1.40 bits per heavy atom. The summed E-state index contributed by atoms with van der Waals surface area (Å²) in [5.74, 6) is 0. The Kier molecular flexibility index (Phi) is 10.8. The summed E-state index contributed by atoms with van der Waals surface area (Å²) in [5.41, 5.74) is 0. The minimum absolute atomic E-state index is 0. The van der Waals surface area contributed by atoms with Crippen molar-refractivity contribution < 1.29 is 0 Å². The van der Waals surface area contributed by atoms with Crippen LogP contribution in [0.25, 0.3) is 0 Å². The summed E-state index contributed by atoms with van der Waals surface area (Å²) in [6.45, 7) is 0. The Labute approximate surface area is 65.0 Å². The zero-order valence-electron chi connectivity index (χ0n) is 2.11. The second kappa shape index (κ2) is 5.55. The number of hydrogen-bond acceptors (Lipinski definition) is 1. The van der Waals surface area contributed by atoms with Crippen LogP contribution in [0.15, 0.2) is 0 Å². The number of hydrogen-bond donors (Lipinski definition) is 0. The Balaban J connectivity index is 0. The molecule has 0 aromatic rings. The number of thiocarbonyl (C=S) groups is 1. The summed E-state index contributed by atoms with van der Waals surface area (Å²) in [6.07, 6.45) is 0. The molecule has 0 saturated heterocycles. The maximum absolute atomic E-state index is 4.77. The monoisotopic (exact) mass is 323 g/mol. The molecule has 0 aromatic heterocycles. The molecular weight excluding hydrogens is 324 g/mol. The molecule has 0 amide bonds. The fourth-order valence-corrected chi connectivity index (χ4v) is 0. The quantitative estimate of drug-likeness (QED) is 0.368. The maximum atomic E-state index is 4.77.